The number of nitrogens with zero attached hydrogens (tertiary/aromatic N) is 1. The van der Waals surface area contributed by atoms with Crippen LogP contribution in [0.5, 0.6) is 0 Å². The van der Waals surface area contributed by atoms with Crippen molar-refractivity contribution < 1.29 is 13.9 Å². The van der Waals surface area contributed by atoms with Crippen molar-refractivity contribution in [1.82, 2.24) is 4.98 Å². The number of halogens is 3. The lowest BCUT2D eigenvalue weighted by molar-refractivity contribution is 0.0600. The SMILES string of the molecule is COC(=O)c1cc(-c2cc(F)c(Cl)cc2Cl)[nH]c(=O)c1C#N. The van der Waals surface area contributed by atoms with E-state index in [0.717, 1.165) is 13.2 Å². The van der Waals surface area contributed by atoms with Crippen molar-refractivity contribution in [3.63, 3.8) is 0 Å². The van der Waals surface area contributed by atoms with E-state index in [1.54, 1.807) is 6.07 Å². The Kier molecular flexibility index (Phi) is 4.50. The van der Waals surface area contributed by atoms with Crippen LogP contribution in [0.3, 0.4) is 0 Å². The first-order valence-corrected chi connectivity index (χ1v) is 6.55. The molecule has 0 aliphatic heterocycles. The number of aromatic nitrogens is 1. The number of hydrogen-bond acceptors (Lipinski definition) is 4. The fourth-order valence-electron chi connectivity index (χ4n) is 1.82. The number of nitriles is 1. The van der Waals surface area contributed by atoms with Crippen molar-refractivity contribution in [3.05, 3.63) is 55.5 Å². The van der Waals surface area contributed by atoms with Crippen LogP contribution in [-0.4, -0.2) is 18.1 Å². The normalized spacial score (nSPS) is 10.1. The molecule has 5 nitrogen and oxygen atoms in total. The van der Waals surface area contributed by atoms with E-state index in [-0.39, 0.29) is 26.9 Å². The molecule has 0 unspecified atom stereocenters. The topological polar surface area (TPSA) is 83.0 Å². The van der Waals surface area contributed by atoms with Crippen molar-refractivity contribution in [3.8, 4) is 17.3 Å². The van der Waals surface area contributed by atoms with Crippen molar-refractivity contribution in [2.45, 2.75) is 0 Å². The number of benzene rings is 1. The minimum Gasteiger partial charge on any atom is -0.465 e. The van der Waals surface area contributed by atoms with Crippen molar-refractivity contribution >= 4 is 29.2 Å². The first-order chi connectivity index (χ1) is 10.4. The van der Waals surface area contributed by atoms with Gasteiger partial charge < -0.3 is 9.72 Å². The molecule has 0 radical (unpaired) electrons. The second-order valence-corrected chi connectivity index (χ2v) is 4.96. The van der Waals surface area contributed by atoms with Crippen LogP contribution in [0, 0.1) is 17.1 Å². The fourth-order valence-corrected chi connectivity index (χ4v) is 2.30. The number of aromatic amines is 1. The number of nitrogens with one attached hydrogen (secondary N) is 1. The lowest BCUT2D eigenvalue weighted by Gasteiger charge is -2.08. The third-order valence-electron chi connectivity index (χ3n) is 2.85. The summed E-state index contributed by atoms with van der Waals surface area (Å²) in [6, 6.07) is 5.00. The predicted molar refractivity (Wildman–Crippen MR) is 78.5 cm³/mol. The van der Waals surface area contributed by atoms with Gasteiger partial charge in [0.1, 0.15) is 17.4 Å². The summed E-state index contributed by atoms with van der Waals surface area (Å²) in [7, 11) is 1.11. The maximum atomic E-state index is 13.6. The van der Waals surface area contributed by atoms with Crippen LogP contribution in [0.25, 0.3) is 11.3 Å². The van der Waals surface area contributed by atoms with Gasteiger partial charge in [-0.3, -0.25) is 4.79 Å². The molecule has 22 heavy (non-hydrogen) atoms. The van der Waals surface area contributed by atoms with Crippen LogP contribution in [-0.2, 0) is 4.74 Å². The third kappa shape index (κ3) is 2.82. The molecule has 1 aromatic heterocycles. The molecule has 1 N–H and O–H groups in total. The fraction of sp³-hybridized carbons (Fsp3) is 0.0714. The number of rotatable bonds is 2. The molecule has 0 bridgehead atoms. The van der Waals surface area contributed by atoms with Gasteiger partial charge in [0.05, 0.1) is 28.4 Å². The molecule has 1 aromatic carbocycles. The van der Waals surface area contributed by atoms with Gasteiger partial charge in [0, 0.05) is 5.56 Å². The zero-order valence-electron chi connectivity index (χ0n) is 11.0. The molecular weight excluding hydrogens is 334 g/mol. The number of carbonyl (C=O) groups is 1. The number of esters is 1. The predicted octanol–water partition coefficient (Wildman–Crippen LogP) is 3.15. The molecule has 0 amide bonds. The van der Waals surface area contributed by atoms with Gasteiger partial charge >= 0.3 is 5.97 Å². The van der Waals surface area contributed by atoms with Crippen molar-refractivity contribution in [2.24, 2.45) is 0 Å². The van der Waals surface area contributed by atoms with E-state index in [2.05, 4.69) is 9.72 Å². The van der Waals surface area contributed by atoms with Gasteiger partial charge in [-0.05, 0) is 18.2 Å². The summed E-state index contributed by atoms with van der Waals surface area (Å²) in [6.45, 7) is 0. The second-order valence-electron chi connectivity index (χ2n) is 4.15. The van der Waals surface area contributed by atoms with Gasteiger partial charge in [0.2, 0.25) is 0 Å². The van der Waals surface area contributed by atoms with Gasteiger partial charge in [0.25, 0.3) is 5.56 Å². The summed E-state index contributed by atoms with van der Waals surface area (Å²) in [6.07, 6.45) is 0. The Bertz CT molecular complexity index is 872. The summed E-state index contributed by atoms with van der Waals surface area (Å²) in [5.41, 5.74) is -1.27. The number of methoxy groups -OCH3 is 1. The molecule has 0 fully saturated rings. The van der Waals surface area contributed by atoms with E-state index in [9.17, 15) is 14.0 Å². The van der Waals surface area contributed by atoms with Crippen LogP contribution in [0.4, 0.5) is 4.39 Å². The lowest BCUT2D eigenvalue weighted by Crippen LogP contribution is -2.18. The van der Waals surface area contributed by atoms with Crippen LogP contribution >= 0.6 is 23.2 Å². The van der Waals surface area contributed by atoms with Gasteiger partial charge in [-0.2, -0.15) is 5.26 Å². The minimum absolute atomic E-state index is 0.0602. The molecule has 0 saturated carbocycles. The molecule has 0 saturated heterocycles. The number of ether oxygens (including phenoxy) is 1. The van der Waals surface area contributed by atoms with E-state index < -0.39 is 22.9 Å². The Morgan fingerprint density at radius 3 is 2.59 bits per heavy atom. The molecule has 112 valence electrons. The van der Waals surface area contributed by atoms with Crippen LogP contribution in [0.15, 0.2) is 23.0 Å². The van der Waals surface area contributed by atoms with E-state index in [1.807, 2.05) is 0 Å². The van der Waals surface area contributed by atoms with Crippen LogP contribution in [0.2, 0.25) is 10.0 Å². The number of H-pyrrole nitrogens is 1. The number of carbonyl (C=O) groups excluding carboxylic acids is 1. The van der Waals surface area contributed by atoms with Crippen molar-refractivity contribution in [2.75, 3.05) is 7.11 Å². The average Bonchev–Trinajstić information content (AvgIpc) is 2.49. The largest absolute Gasteiger partial charge is 0.465 e. The molecule has 0 atom stereocenters. The van der Waals surface area contributed by atoms with Gasteiger partial charge in [-0.1, -0.05) is 23.2 Å². The molecule has 1 heterocycles. The van der Waals surface area contributed by atoms with E-state index >= 15 is 0 Å². The van der Waals surface area contributed by atoms with Gasteiger partial charge in [-0.25, -0.2) is 9.18 Å². The Labute approximate surface area is 133 Å². The molecule has 0 aliphatic carbocycles. The van der Waals surface area contributed by atoms with Gasteiger partial charge in [0.15, 0.2) is 0 Å². The zero-order chi connectivity index (χ0) is 16.4. The summed E-state index contributed by atoms with van der Waals surface area (Å²) in [5.74, 6) is -1.61. The molecule has 0 aliphatic rings. The number of hydrogen-bond donors (Lipinski definition) is 1. The quantitative estimate of drug-likeness (QED) is 0.672. The highest BCUT2D eigenvalue weighted by molar-refractivity contribution is 6.36. The highest BCUT2D eigenvalue weighted by Crippen LogP contribution is 2.31. The first-order valence-electron chi connectivity index (χ1n) is 5.79. The highest BCUT2D eigenvalue weighted by atomic mass is 35.5. The molecule has 8 heteroatoms. The molecule has 2 rings (SSSR count). The summed E-state index contributed by atoms with van der Waals surface area (Å²) < 4.78 is 18.1. The molecule has 2 aromatic rings. The maximum absolute atomic E-state index is 13.6. The smallest absolute Gasteiger partial charge is 0.339 e. The Morgan fingerprint density at radius 2 is 2.00 bits per heavy atom. The van der Waals surface area contributed by atoms with Crippen LogP contribution < -0.4 is 5.56 Å². The molecule has 0 spiro atoms. The first kappa shape index (κ1) is 16.0. The maximum Gasteiger partial charge on any atom is 0.339 e. The monoisotopic (exact) mass is 340 g/mol. The average molecular weight is 341 g/mol. The molecular formula is C14H7Cl2FN2O3. The third-order valence-corrected chi connectivity index (χ3v) is 3.45. The Hall–Kier alpha value is -2.36. The minimum atomic E-state index is -0.866. The van der Waals surface area contributed by atoms with E-state index in [4.69, 9.17) is 28.5 Å². The summed E-state index contributed by atoms with van der Waals surface area (Å²) in [4.78, 5) is 26.0. The Balaban J connectivity index is 2.76. The standard InChI is InChI=1S/C14H7Cl2FN2O3/c1-22-14(21)6-3-12(19-13(20)8(6)5-18)7-2-11(17)10(16)4-9(7)15/h2-4H,1H3,(H,19,20). The highest BCUT2D eigenvalue weighted by Gasteiger charge is 2.19. The van der Waals surface area contributed by atoms with E-state index in [1.165, 1.54) is 12.1 Å². The van der Waals surface area contributed by atoms with Gasteiger partial charge in [-0.15, -0.1) is 0 Å². The second kappa shape index (κ2) is 6.18. The van der Waals surface area contributed by atoms with Crippen molar-refractivity contribution in [1.29, 1.82) is 5.26 Å². The van der Waals surface area contributed by atoms with E-state index in [0.29, 0.717) is 0 Å². The Morgan fingerprint density at radius 1 is 1.32 bits per heavy atom. The summed E-state index contributed by atoms with van der Waals surface area (Å²) >= 11 is 11.6. The summed E-state index contributed by atoms with van der Waals surface area (Å²) in [5, 5.41) is 8.85. The number of pyridine rings is 1. The zero-order valence-corrected chi connectivity index (χ0v) is 12.5. The van der Waals surface area contributed by atoms with Crippen LogP contribution in [0.1, 0.15) is 15.9 Å². The lowest BCUT2D eigenvalue weighted by atomic mass is 10.1.